The van der Waals surface area contributed by atoms with E-state index in [4.69, 9.17) is 9.47 Å². The van der Waals surface area contributed by atoms with Crippen LogP contribution in [0.25, 0.3) is 11.1 Å². The van der Waals surface area contributed by atoms with E-state index < -0.39 is 0 Å². The van der Waals surface area contributed by atoms with Crippen LogP contribution in [0.15, 0.2) is 36.7 Å². The van der Waals surface area contributed by atoms with E-state index in [9.17, 15) is 0 Å². The summed E-state index contributed by atoms with van der Waals surface area (Å²) in [6.45, 7) is 0. The van der Waals surface area contributed by atoms with E-state index in [2.05, 4.69) is 9.97 Å². The predicted molar refractivity (Wildman–Crippen MR) is 60.6 cm³/mol. The zero-order valence-corrected chi connectivity index (χ0v) is 9.18. The Hall–Kier alpha value is -2.10. The molecule has 16 heavy (non-hydrogen) atoms. The molecule has 4 nitrogen and oxygen atoms in total. The first kappa shape index (κ1) is 10.4. The average Bonchev–Trinajstić information content (AvgIpc) is 2.39. The minimum absolute atomic E-state index is 0.360. The molecule has 0 saturated carbocycles. The van der Waals surface area contributed by atoms with Crippen LogP contribution in [0.3, 0.4) is 0 Å². The molecule has 0 amide bonds. The molecule has 1 aromatic heterocycles. The van der Waals surface area contributed by atoms with Crippen LogP contribution in [0.4, 0.5) is 0 Å². The Kier molecular flexibility index (Phi) is 3.00. The Bertz CT molecular complexity index is 469. The fourth-order valence-corrected chi connectivity index (χ4v) is 1.44. The van der Waals surface area contributed by atoms with Gasteiger partial charge in [0.15, 0.2) is 0 Å². The summed E-state index contributed by atoms with van der Waals surface area (Å²) in [6.07, 6.45) is 3.42. The van der Waals surface area contributed by atoms with Crippen molar-refractivity contribution in [1.82, 2.24) is 9.97 Å². The van der Waals surface area contributed by atoms with Gasteiger partial charge in [0.25, 0.3) is 0 Å². The van der Waals surface area contributed by atoms with Gasteiger partial charge in [-0.05, 0) is 6.07 Å². The molecule has 0 spiro atoms. The summed E-state index contributed by atoms with van der Waals surface area (Å²) in [6, 6.07) is 8.09. The SMILES string of the molecule is COc1ncc(-c2ccccc2OC)cn1. The van der Waals surface area contributed by atoms with E-state index in [0.29, 0.717) is 6.01 Å². The molecule has 0 aliphatic rings. The molecule has 0 aliphatic carbocycles. The van der Waals surface area contributed by atoms with Gasteiger partial charge < -0.3 is 9.47 Å². The van der Waals surface area contributed by atoms with Crippen LogP contribution in [-0.2, 0) is 0 Å². The number of nitrogens with zero attached hydrogens (tertiary/aromatic N) is 2. The number of hydrogen-bond donors (Lipinski definition) is 0. The molecule has 0 aliphatic heterocycles. The van der Waals surface area contributed by atoms with E-state index in [-0.39, 0.29) is 0 Å². The molecule has 2 rings (SSSR count). The van der Waals surface area contributed by atoms with Gasteiger partial charge in [-0.25, -0.2) is 9.97 Å². The van der Waals surface area contributed by atoms with Gasteiger partial charge in [-0.15, -0.1) is 0 Å². The van der Waals surface area contributed by atoms with Crippen molar-refractivity contribution in [2.45, 2.75) is 0 Å². The lowest BCUT2D eigenvalue weighted by molar-refractivity contribution is 0.380. The van der Waals surface area contributed by atoms with Crippen molar-refractivity contribution in [3.8, 4) is 22.9 Å². The van der Waals surface area contributed by atoms with Gasteiger partial charge in [0.1, 0.15) is 5.75 Å². The zero-order chi connectivity index (χ0) is 11.4. The average molecular weight is 216 g/mol. The van der Waals surface area contributed by atoms with Crippen LogP contribution >= 0.6 is 0 Å². The van der Waals surface area contributed by atoms with Crippen molar-refractivity contribution < 1.29 is 9.47 Å². The number of ether oxygens (including phenoxy) is 2. The zero-order valence-electron chi connectivity index (χ0n) is 9.18. The van der Waals surface area contributed by atoms with Crippen molar-refractivity contribution in [3.05, 3.63) is 36.7 Å². The summed E-state index contributed by atoms with van der Waals surface area (Å²) in [7, 11) is 3.18. The monoisotopic (exact) mass is 216 g/mol. The lowest BCUT2D eigenvalue weighted by atomic mass is 10.1. The summed E-state index contributed by atoms with van der Waals surface area (Å²) in [5.74, 6) is 0.802. The van der Waals surface area contributed by atoms with Crippen molar-refractivity contribution in [2.24, 2.45) is 0 Å². The van der Waals surface area contributed by atoms with E-state index in [1.807, 2.05) is 24.3 Å². The second kappa shape index (κ2) is 4.61. The maximum Gasteiger partial charge on any atom is 0.316 e. The molecular weight excluding hydrogens is 204 g/mol. The Labute approximate surface area is 93.9 Å². The third-order valence-corrected chi connectivity index (χ3v) is 2.23. The maximum absolute atomic E-state index is 5.27. The van der Waals surface area contributed by atoms with Crippen LogP contribution in [-0.4, -0.2) is 24.2 Å². The highest BCUT2D eigenvalue weighted by molar-refractivity contribution is 5.68. The molecule has 1 heterocycles. The molecular formula is C12H12N2O2. The number of aromatic nitrogens is 2. The molecule has 82 valence electrons. The van der Waals surface area contributed by atoms with Crippen LogP contribution in [0.5, 0.6) is 11.8 Å². The summed E-state index contributed by atoms with van der Waals surface area (Å²) >= 11 is 0. The number of hydrogen-bond acceptors (Lipinski definition) is 4. The molecule has 0 fully saturated rings. The smallest absolute Gasteiger partial charge is 0.316 e. The van der Waals surface area contributed by atoms with Gasteiger partial charge in [-0.3, -0.25) is 0 Å². The highest BCUT2D eigenvalue weighted by atomic mass is 16.5. The molecule has 1 aromatic carbocycles. The quantitative estimate of drug-likeness (QED) is 0.788. The van der Waals surface area contributed by atoms with Gasteiger partial charge in [0, 0.05) is 23.5 Å². The van der Waals surface area contributed by atoms with Crippen LogP contribution < -0.4 is 9.47 Å². The second-order valence-corrected chi connectivity index (χ2v) is 3.16. The third kappa shape index (κ3) is 1.95. The molecule has 4 heteroatoms. The molecule has 0 radical (unpaired) electrons. The predicted octanol–water partition coefficient (Wildman–Crippen LogP) is 2.16. The van der Waals surface area contributed by atoms with Gasteiger partial charge in [-0.1, -0.05) is 18.2 Å². The number of rotatable bonds is 3. The van der Waals surface area contributed by atoms with Crippen LogP contribution in [0.2, 0.25) is 0 Å². The van der Waals surface area contributed by atoms with E-state index >= 15 is 0 Å². The Balaban J connectivity index is 2.42. The minimum Gasteiger partial charge on any atom is -0.496 e. The van der Waals surface area contributed by atoms with E-state index in [1.165, 1.54) is 7.11 Å². The fraction of sp³-hybridized carbons (Fsp3) is 0.167. The van der Waals surface area contributed by atoms with Crippen LogP contribution in [0, 0.1) is 0 Å². The van der Waals surface area contributed by atoms with Gasteiger partial charge >= 0.3 is 6.01 Å². The van der Waals surface area contributed by atoms with Gasteiger partial charge in [0.05, 0.1) is 14.2 Å². The van der Waals surface area contributed by atoms with Crippen molar-refractivity contribution in [3.63, 3.8) is 0 Å². The molecule has 0 unspecified atom stereocenters. The summed E-state index contributed by atoms with van der Waals surface area (Å²) in [5.41, 5.74) is 1.87. The van der Waals surface area contributed by atoms with Crippen molar-refractivity contribution in [1.29, 1.82) is 0 Å². The molecule has 0 saturated heterocycles. The number of para-hydroxylation sites is 1. The topological polar surface area (TPSA) is 44.2 Å². The first-order valence-corrected chi connectivity index (χ1v) is 4.84. The normalized spacial score (nSPS) is 9.88. The third-order valence-electron chi connectivity index (χ3n) is 2.23. The summed E-state index contributed by atoms with van der Waals surface area (Å²) in [4.78, 5) is 8.12. The van der Waals surface area contributed by atoms with Gasteiger partial charge in [0.2, 0.25) is 0 Å². The first-order valence-electron chi connectivity index (χ1n) is 4.84. The number of methoxy groups -OCH3 is 2. The number of benzene rings is 1. The Morgan fingerprint density at radius 1 is 0.938 bits per heavy atom. The molecule has 2 aromatic rings. The van der Waals surface area contributed by atoms with Gasteiger partial charge in [-0.2, -0.15) is 0 Å². The summed E-state index contributed by atoms with van der Waals surface area (Å²) < 4.78 is 10.2. The minimum atomic E-state index is 0.360. The highest BCUT2D eigenvalue weighted by Gasteiger charge is 2.05. The molecule has 0 bridgehead atoms. The second-order valence-electron chi connectivity index (χ2n) is 3.16. The lowest BCUT2D eigenvalue weighted by Crippen LogP contribution is -1.93. The lowest BCUT2D eigenvalue weighted by Gasteiger charge is -2.07. The fourth-order valence-electron chi connectivity index (χ4n) is 1.44. The Morgan fingerprint density at radius 2 is 1.62 bits per heavy atom. The maximum atomic E-state index is 5.27. The Morgan fingerprint density at radius 3 is 2.25 bits per heavy atom. The van der Waals surface area contributed by atoms with Crippen LogP contribution in [0.1, 0.15) is 0 Å². The first-order chi connectivity index (χ1) is 7.85. The standard InChI is InChI=1S/C12H12N2O2/c1-15-11-6-4-3-5-10(11)9-7-13-12(16-2)14-8-9/h3-8H,1-2H3. The highest BCUT2D eigenvalue weighted by Crippen LogP contribution is 2.28. The largest absolute Gasteiger partial charge is 0.496 e. The summed E-state index contributed by atoms with van der Waals surface area (Å²) in [5, 5.41) is 0. The molecule has 0 N–H and O–H groups in total. The molecule has 0 atom stereocenters. The van der Waals surface area contributed by atoms with E-state index in [1.54, 1.807) is 19.5 Å². The van der Waals surface area contributed by atoms with Crippen molar-refractivity contribution >= 4 is 0 Å². The van der Waals surface area contributed by atoms with E-state index in [0.717, 1.165) is 16.9 Å². The van der Waals surface area contributed by atoms with Crippen molar-refractivity contribution in [2.75, 3.05) is 14.2 Å².